The Morgan fingerprint density at radius 3 is 2.44 bits per heavy atom. The van der Waals surface area contributed by atoms with Crippen molar-refractivity contribution in [3.8, 4) is 5.75 Å². The van der Waals surface area contributed by atoms with Gasteiger partial charge in [0.25, 0.3) is 11.8 Å². The molecule has 1 aliphatic heterocycles. The number of hydrogen-bond acceptors (Lipinski definition) is 3. The number of hydrogen-bond donors (Lipinski definition) is 2. The van der Waals surface area contributed by atoms with E-state index >= 15 is 0 Å². The van der Waals surface area contributed by atoms with Gasteiger partial charge >= 0.3 is 6.03 Å². The first-order valence-corrected chi connectivity index (χ1v) is 9.23. The number of likely N-dealkylation sites (tertiary alicyclic amines) is 1. The SMILES string of the molecule is CC(NC(=O)N1CC2(C1)CC2(F)F)c1ccc(OCC(=O)NC2CC2)cc1. The van der Waals surface area contributed by atoms with Crippen molar-refractivity contribution in [3.05, 3.63) is 29.8 Å². The van der Waals surface area contributed by atoms with Gasteiger partial charge in [-0.2, -0.15) is 0 Å². The van der Waals surface area contributed by atoms with Crippen LogP contribution in [0.3, 0.4) is 0 Å². The third-order valence-corrected chi connectivity index (χ3v) is 5.52. The van der Waals surface area contributed by atoms with Gasteiger partial charge in [0.05, 0.1) is 11.5 Å². The van der Waals surface area contributed by atoms with E-state index in [0.29, 0.717) is 11.8 Å². The quantitative estimate of drug-likeness (QED) is 0.798. The molecule has 1 unspecified atom stereocenters. The highest BCUT2D eigenvalue weighted by atomic mass is 19.3. The van der Waals surface area contributed by atoms with Crippen LogP contribution in [0.2, 0.25) is 0 Å². The van der Waals surface area contributed by atoms with Crippen molar-refractivity contribution in [2.24, 2.45) is 5.41 Å². The van der Waals surface area contributed by atoms with Crippen LogP contribution in [0.5, 0.6) is 5.75 Å². The topological polar surface area (TPSA) is 70.7 Å². The van der Waals surface area contributed by atoms with Crippen molar-refractivity contribution in [3.63, 3.8) is 0 Å². The molecule has 2 N–H and O–H groups in total. The van der Waals surface area contributed by atoms with Gasteiger partial charge in [-0.25, -0.2) is 13.6 Å². The number of amides is 3. The Labute approximate surface area is 156 Å². The number of rotatable bonds is 6. The Hall–Kier alpha value is -2.38. The summed E-state index contributed by atoms with van der Waals surface area (Å²) in [6.07, 6.45) is 1.95. The van der Waals surface area contributed by atoms with Crippen LogP contribution in [0.25, 0.3) is 0 Å². The first kappa shape index (κ1) is 18.0. The summed E-state index contributed by atoms with van der Waals surface area (Å²) < 4.78 is 31.9. The Balaban J connectivity index is 1.22. The van der Waals surface area contributed by atoms with Crippen molar-refractivity contribution >= 4 is 11.9 Å². The lowest BCUT2D eigenvalue weighted by Gasteiger charge is -2.40. The predicted molar refractivity (Wildman–Crippen MR) is 93.6 cm³/mol. The van der Waals surface area contributed by atoms with Gasteiger partial charge in [0, 0.05) is 25.6 Å². The van der Waals surface area contributed by atoms with Gasteiger partial charge in [0.1, 0.15) is 5.75 Å². The number of ether oxygens (including phenoxy) is 1. The average molecular weight is 379 g/mol. The summed E-state index contributed by atoms with van der Waals surface area (Å²) in [6.45, 7) is 2.05. The molecule has 3 amide bonds. The molecule has 3 fully saturated rings. The summed E-state index contributed by atoms with van der Waals surface area (Å²) in [6, 6.07) is 6.82. The predicted octanol–water partition coefficient (Wildman–Crippen LogP) is 2.46. The lowest BCUT2D eigenvalue weighted by molar-refractivity contribution is -0.123. The van der Waals surface area contributed by atoms with Crippen LogP contribution < -0.4 is 15.4 Å². The number of carbonyl (C=O) groups is 2. The zero-order chi connectivity index (χ0) is 19.2. The van der Waals surface area contributed by atoms with Gasteiger partial charge < -0.3 is 20.3 Å². The summed E-state index contributed by atoms with van der Waals surface area (Å²) in [5.41, 5.74) is -0.0941. The number of urea groups is 1. The summed E-state index contributed by atoms with van der Waals surface area (Å²) >= 11 is 0. The smallest absolute Gasteiger partial charge is 0.317 e. The number of carbonyl (C=O) groups excluding carboxylic acids is 2. The Kier molecular flexibility index (Phi) is 4.24. The number of benzene rings is 1. The number of halogens is 2. The summed E-state index contributed by atoms with van der Waals surface area (Å²) in [4.78, 5) is 25.2. The second-order valence-corrected chi connectivity index (χ2v) is 7.89. The number of nitrogens with zero attached hydrogens (tertiary/aromatic N) is 1. The molecule has 0 radical (unpaired) electrons. The molecular formula is C19H23F2N3O3. The van der Waals surface area contributed by atoms with E-state index in [1.54, 1.807) is 12.1 Å². The van der Waals surface area contributed by atoms with Crippen LogP contribution in [-0.4, -0.2) is 48.5 Å². The zero-order valence-corrected chi connectivity index (χ0v) is 15.1. The van der Waals surface area contributed by atoms with Crippen LogP contribution in [-0.2, 0) is 4.79 Å². The molecule has 1 aromatic carbocycles. The first-order chi connectivity index (χ1) is 12.8. The minimum Gasteiger partial charge on any atom is -0.484 e. The van der Waals surface area contributed by atoms with Gasteiger partial charge in [0.2, 0.25) is 0 Å². The maximum absolute atomic E-state index is 13.2. The lowest BCUT2D eigenvalue weighted by Crippen LogP contribution is -2.57. The largest absolute Gasteiger partial charge is 0.484 e. The standard InChI is InChI=1S/C19H23F2N3O3/c1-12(22-17(26)24-10-18(11-24)9-19(18,20)21)13-2-6-15(7-3-13)27-8-16(25)23-14-4-5-14/h2-3,6-7,12,14H,4-5,8-11H2,1H3,(H,22,26)(H,23,25). The van der Waals surface area contributed by atoms with Gasteiger partial charge in [-0.1, -0.05) is 12.1 Å². The van der Waals surface area contributed by atoms with E-state index in [4.69, 9.17) is 4.74 Å². The molecule has 1 saturated heterocycles. The molecule has 2 aliphatic carbocycles. The minimum absolute atomic E-state index is 0.0243. The van der Waals surface area contributed by atoms with Crippen LogP contribution in [0.1, 0.15) is 37.8 Å². The van der Waals surface area contributed by atoms with Crippen molar-refractivity contribution in [1.82, 2.24) is 15.5 Å². The zero-order valence-electron chi connectivity index (χ0n) is 15.1. The highest BCUT2D eigenvalue weighted by Gasteiger charge is 2.76. The van der Waals surface area contributed by atoms with Crippen molar-refractivity contribution in [1.29, 1.82) is 0 Å². The lowest BCUT2D eigenvalue weighted by atomic mass is 9.96. The van der Waals surface area contributed by atoms with Gasteiger partial charge in [0.15, 0.2) is 6.61 Å². The maximum atomic E-state index is 13.2. The van der Waals surface area contributed by atoms with E-state index in [2.05, 4.69) is 10.6 Å². The van der Waals surface area contributed by atoms with Crippen molar-refractivity contribution < 1.29 is 23.1 Å². The van der Waals surface area contributed by atoms with E-state index in [1.165, 1.54) is 4.90 Å². The molecule has 1 spiro atoms. The average Bonchev–Trinajstić information content (AvgIpc) is 3.48. The molecule has 27 heavy (non-hydrogen) atoms. The summed E-state index contributed by atoms with van der Waals surface area (Å²) in [5.74, 6) is -2.17. The monoisotopic (exact) mass is 379 g/mol. The molecule has 1 atom stereocenters. The molecule has 0 aromatic heterocycles. The Bertz CT molecular complexity index is 743. The van der Waals surface area contributed by atoms with Crippen molar-refractivity contribution in [2.75, 3.05) is 19.7 Å². The molecule has 146 valence electrons. The number of nitrogens with one attached hydrogen (secondary N) is 2. The van der Waals surface area contributed by atoms with Crippen LogP contribution in [0.15, 0.2) is 24.3 Å². The van der Waals surface area contributed by atoms with Crippen LogP contribution in [0, 0.1) is 5.41 Å². The van der Waals surface area contributed by atoms with E-state index < -0.39 is 11.3 Å². The summed E-state index contributed by atoms with van der Waals surface area (Å²) in [7, 11) is 0. The first-order valence-electron chi connectivity index (χ1n) is 9.23. The van der Waals surface area contributed by atoms with Gasteiger partial charge in [-0.15, -0.1) is 0 Å². The Morgan fingerprint density at radius 2 is 1.89 bits per heavy atom. The fraction of sp³-hybridized carbons (Fsp3) is 0.579. The van der Waals surface area contributed by atoms with Gasteiger partial charge in [-0.05, 0) is 37.5 Å². The van der Waals surface area contributed by atoms with Gasteiger partial charge in [-0.3, -0.25) is 4.79 Å². The molecule has 3 aliphatic rings. The third-order valence-electron chi connectivity index (χ3n) is 5.52. The molecule has 1 aromatic rings. The molecular weight excluding hydrogens is 356 g/mol. The fourth-order valence-electron chi connectivity index (χ4n) is 3.41. The van der Waals surface area contributed by atoms with E-state index in [1.807, 2.05) is 19.1 Å². The second kappa shape index (κ2) is 6.35. The molecule has 4 rings (SSSR count). The highest BCUT2D eigenvalue weighted by Crippen LogP contribution is 2.65. The normalized spacial score (nSPS) is 22.6. The minimum atomic E-state index is -2.61. The molecule has 2 saturated carbocycles. The molecule has 8 heteroatoms. The second-order valence-electron chi connectivity index (χ2n) is 7.89. The van der Waals surface area contributed by atoms with Crippen LogP contribution in [0.4, 0.5) is 13.6 Å². The van der Waals surface area contributed by atoms with E-state index in [-0.39, 0.29) is 44.1 Å². The third kappa shape index (κ3) is 3.70. The Morgan fingerprint density at radius 1 is 1.26 bits per heavy atom. The fourth-order valence-corrected chi connectivity index (χ4v) is 3.41. The molecule has 1 heterocycles. The summed E-state index contributed by atoms with van der Waals surface area (Å²) in [5, 5.41) is 5.68. The van der Waals surface area contributed by atoms with Crippen LogP contribution >= 0.6 is 0 Å². The van der Waals surface area contributed by atoms with E-state index in [0.717, 1.165) is 18.4 Å². The highest BCUT2D eigenvalue weighted by molar-refractivity contribution is 5.78. The molecule has 0 bridgehead atoms. The van der Waals surface area contributed by atoms with E-state index in [9.17, 15) is 18.4 Å². The number of alkyl halides is 2. The van der Waals surface area contributed by atoms with Crippen molar-refractivity contribution in [2.45, 2.75) is 44.2 Å². The maximum Gasteiger partial charge on any atom is 0.317 e. The molecule has 6 nitrogen and oxygen atoms in total.